The Morgan fingerprint density at radius 3 is 2.83 bits per heavy atom. The lowest BCUT2D eigenvalue weighted by Crippen LogP contribution is -2.17. The Hall–Kier alpha value is -2.21. The summed E-state index contributed by atoms with van der Waals surface area (Å²) in [6.45, 7) is 8.84. The predicted molar refractivity (Wildman–Crippen MR) is 94.3 cm³/mol. The van der Waals surface area contributed by atoms with Crippen LogP contribution in [0.5, 0.6) is 0 Å². The maximum atomic E-state index is 12.5. The number of nitrogens with one attached hydrogen (secondary N) is 1. The van der Waals surface area contributed by atoms with Gasteiger partial charge in [-0.25, -0.2) is 4.98 Å². The first kappa shape index (κ1) is 15.7. The fourth-order valence-corrected chi connectivity index (χ4v) is 3.39. The fraction of sp³-hybridized carbons (Fsp3) is 0.353. The third kappa shape index (κ3) is 3.12. The molecular weight excluding hydrogens is 308 g/mol. The van der Waals surface area contributed by atoms with E-state index in [1.54, 1.807) is 10.7 Å². The molecule has 0 saturated carbocycles. The monoisotopic (exact) mass is 328 g/mol. The second kappa shape index (κ2) is 6.12. The van der Waals surface area contributed by atoms with E-state index in [9.17, 15) is 4.79 Å². The molecule has 0 bridgehead atoms. The van der Waals surface area contributed by atoms with E-state index in [-0.39, 0.29) is 5.91 Å². The summed E-state index contributed by atoms with van der Waals surface area (Å²) in [7, 11) is 0. The van der Waals surface area contributed by atoms with Crippen LogP contribution in [0.25, 0.3) is 10.2 Å². The molecule has 0 aliphatic rings. The zero-order chi connectivity index (χ0) is 16.6. The van der Waals surface area contributed by atoms with E-state index in [1.807, 2.05) is 19.9 Å². The van der Waals surface area contributed by atoms with Crippen LogP contribution in [0.2, 0.25) is 0 Å². The quantitative estimate of drug-likeness (QED) is 0.781. The van der Waals surface area contributed by atoms with Crippen molar-refractivity contribution in [3.05, 3.63) is 41.2 Å². The third-order valence-corrected chi connectivity index (χ3v) is 4.67. The van der Waals surface area contributed by atoms with Gasteiger partial charge in [-0.3, -0.25) is 14.8 Å². The zero-order valence-corrected chi connectivity index (χ0v) is 14.6. The summed E-state index contributed by atoms with van der Waals surface area (Å²) in [4.78, 5) is 17.0. The predicted octanol–water partition coefficient (Wildman–Crippen LogP) is 4.20. The topological polar surface area (TPSA) is 59.8 Å². The SMILES string of the molecule is CCn1nc(C)cc1C(=O)Nc1nc2ccc(C(C)C)cc2s1. The Bertz CT molecular complexity index is 863. The van der Waals surface area contributed by atoms with Gasteiger partial charge in [0.15, 0.2) is 5.13 Å². The molecule has 1 amide bonds. The number of carbonyl (C=O) groups is 1. The van der Waals surface area contributed by atoms with Crippen molar-refractivity contribution < 1.29 is 4.79 Å². The van der Waals surface area contributed by atoms with E-state index in [2.05, 4.69) is 41.4 Å². The van der Waals surface area contributed by atoms with E-state index in [0.29, 0.717) is 23.3 Å². The van der Waals surface area contributed by atoms with Crippen LogP contribution in [0.3, 0.4) is 0 Å². The van der Waals surface area contributed by atoms with Gasteiger partial charge in [-0.1, -0.05) is 31.3 Å². The molecule has 5 nitrogen and oxygen atoms in total. The highest BCUT2D eigenvalue weighted by Gasteiger charge is 2.15. The van der Waals surface area contributed by atoms with Gasteiger partial charge >= 0.3 is 0 Å². The molecule has 2 aromatic heterocycles. The maximum absolute atomic E-state index is 12.5. The molecule has 120 valence electrons. The van der Waals surface area contributed by atoms with Gasteiger partial charge in [0.2, 0.25) is 0 Å². The van der Waals surface area contributed by atoms with Crippen molar-refractivity contribution in [2.75, 3.05) is 5.32 Å². The van der Waals surface area contributed by atoms with Crippen molar-refractivity contribution in [2.45, 2.75) is 40.2 Å². The van der Waals surface area contributed by atoms with Gasteiger partial charge in [-0.05, 0) is 43.5 Å². The van der Waals surface area contributed by atoms with Crippen LogP contribution in [-0.4, -0.2) is 20.7 Å². The van der Waals surface area contributed by atoms with Crippen LogP contribution in [0, 0.1) is 6.92 Å². The number of hydrogen-bond donors (Lipinski definition) is 1. The van der Waals surface area contributed by atoms with Crippen molar-refractivity contribution in [3.8, 4) is 0 Å². The van der Waals surface area contributed by atoms with Gasteiger partial charge < -0.3 is 0 Å². The summed E-state index contributed by atoms with van der Waals surface area (Å²) >= 11 is 1.50. The van der Waals surface area contributed by atoms with Gasteiger partial charge in [-0.15, -0.1) is 0 Å². The Labute approximate surface area is 139 Å². The van der Waals surface area contributed by atoms with E-state index in [1.165, 1.54) is 16.9 Å². The molecule has 0 atom stereocenters. The number of rotatable bonds is 4. The van der Waals surface area contributed by atoms with Gasteiger partial charge in [0.1, 0.15) is 5.69 Å². The highest BCUT2D eigenvalue weighted by molar-refractivity contribution is 7.22. The Morgan fingerprint density at radius 1 is 1.35 bits per heavy atom. The number of fused-ring (bicyclic) bond motifs is 1. The molecule has 0 unspecified atom stereocenters. The molecule has 23 heavy (non-hydrogen) atoms. The van der Waals surface area contributed by atoms with Gasteiger partial charge in [0.05, 0.1) is 15.9 Å². The van der Waals surface area contributed by atoms with Crippen molar-refractivity contribution in [2.24, 2.45) is 0 Å². The van der Waals surface area contributed by atoms with Gasteiger partial charge in [0, 0.05) is 6.54 Å². The average molecular weight is 328 g/mol. The number of anilines is 1. The molecule has 3 aromatic rings. The lowest BCUT2D eigenvalue weighted by Gasteiger charge is -2.03. The van der Waals surface area contributed by atoms with Crippen LogP contribution in [0.4, 0.5) is 5.13 Å². The fourth-order valence-electron chi connectivity index (χ4n) is 2.48. The Kier molecular flexibility index (Phi) is 4.17. The first-order valence-corrected chi connectivity index (χ1v) is 8.56. The summed E-state index contributed by atoms with van der Waals surface area (Å²) in [5.41, 5.74) is 3.59. The van der Waals surface area contributed by atoms with Crippen LogP contribution in [0.1, 0.15) is 48.4 Å². The number of thiazole rings is 1. The number of carbonyl (C=O) groups excluding carboxylic acids is 1. The molecule has 1 aromatic carbocycles. The summed E-state index contributed by atoms with van der Waals surface area (Å²) in [5, 5.41) is 7.81. The van der Waals surface area contributed by atoms with Crippen LogP contribution in [-0.2, 0) is 6.54 Å². The number of aryl methyl sites for hydroxylation is 2. The Morgan fingerprint density at radius 2 is 2.13 bits per heavy atom. The molecule has 0 spiro atoms. The number of nitrogens with zero attached hydrogens (tertiary/aromatic N) is 3. The summed E-state index contributed by atoms with van der Waals surface area (Å²) in [6.07, 6.45) is 0. The molecule has 6 heteroatoms. The largest absolute Gasteiger partial charge is 0.296 e. The number of amides is 1. The lowest BCUT2D eigenvalue weighted by atomic mass is 10.0. The molecule has 3 rings (SSSR count). The number of benzene rings is 1. The zero-order valence-electron chi connectivity index (χ0n) is 13.8. The molecule has 1 N–H and O–H groups in total. The standard InChI is InChI=1S/C17H20N4OS/c1-5-21-14(8-11(4)20-21)16(22)19-17-18-13-7-6-12(10(2)3)9-15(13)23-17/h6-10H,5H2,1-4H3,(H,18,19,22). The molecule has 0 radical (unpaired) electrons. The number of hydrogen-bond acceptors (Lipinski definition) is 4. The second-order valence-electron chi connectivity index (χ2n) is 5.84. The lowest BCUT2D eigenvalue weighted by molar-refractivity contribution is 0.101. The smallest absolute Gasteiger partial charge is 0.275 e. The van der Waals surface area contributed by atoms with Crippen LogP contribution < -0.4 is 5.32 Å². The van der Waals surface area contributed by atoms with Gasteiger partial charge in [0.25, 0.3) is 5.91 Å². The van der Waals surface area contributed by atoms with E-state index in [4.69, 9.17) is 0 Å². The van der Waals surface area contributed by atoms with E-state index < -0.39 is 0 Å². The molecule has 2 heterocycles. The Balaban J connectivity index is 1.87. The van der Waals surface area contributed by atoms with Crippen LogP contribution >= 0.6 is 11.3 Å². The highest BCUT2D eigenvalue weighted by Crippen LogP contribution is 2.29. The van der Waals surface area contributed by atoms with E-state index >= 15 is 0 Å². The summed E-state index contributed by atoms with van der Waals surface area (Å²) < 4.78 is 2.79. The third-order valence-electron chi connectivity index (χ3n) is 3.73. The van der Waals surface area contributed by atoms with E-state index in [0.717, 1.165) is 15.9 Å². The first-order chi connectivity index (χ1) is 11.0. The second-order valence-corrected chi connectivity index (χ2v) is 6.87. The minimum atomic E-state index is -0.171. The minimum Gasteiger partial charge on any atom is -0.296 e. The molecule has 0 aliphatic carbocycles. The first-order valence-electron chi connectivity index (χ1n) is 7.74. The normalized spacial score (nSPS) is 11.3. The van der Waals surface area contributed by atoms with Crippen LogP contribution in [0.15, 0.2) is 24.3 Å². The number of aromatic nitrogens is 3. The summed E-state index contributed by atoms with van der Waals surface area (Å²) in [6, 6.07) is 8.04. The minimum absolute atomic E-state index is 0.171. The molecule has 0 aliphatic heterocycles. The average Bonchev–Trinajstić information content (AvgIpc) is 3.08. The van der Waals surface area contributed by atoms with Crippen molar-refractivity contribution in [1.82, 2.24) is 14.8 Å². The summed E-state index contributed by atoms with van der Waals surface area (Å²) in [5.74, 6) is 0.303. The van der Waals surface area contributed by atoms with Crippen molar-refractivity contribution >= 4 is 32.6 Å². The molecule has 0 saturated heterocycles. The van der Waals surface area contributed by atoms with Crippen molar-refractivity contribution in [3.63, 3.8) is 0 Å². The van der Waals surface area contributed by atoms with Gasteiger partial charge in [-0.2, -0.15) is 5.10 Å². The van der Waals surface area contributed by atoms with Crippen molar-refractivity contribution in [1.29, 1.82) is 0 Å². The molecular formula is C17H20N4OS. The highest BCUT2D eigenvalue weighted by atomic mass is 32.1. The maximum Gasteiger partial charge on any atom is 0.275 e. The molecule has 0 fully saturated rings.